The lowest BCUT2D eigenvalue weighted by Crippen LogP contribution is -2.29. The molecule has 1 rings (SSSR count). The Balaban J connectivity index is 2.69. The molecule has 4 heteroatoms. The van der Waals surface area contributed by atoms with Gasteiger partial charge in [-0.3, -0.25) is 0 Å². The van der Waals surface area contributed by atoms with Crippen LogP contribution in [0.1, 0.15) is 44.2 Å². The minimum atomic E-state index is 0.0988. The Morgan fingerprint density at radius 3 is 2.55 bits per heavy atom. The summed E-state index contributed by atoms with van der Waals surface area (Å²) in [6, 6.07) is 6.01. The molecule has 0 saturated carbocycles. The number of nitrogens with one attached hydrogen (secondary N) is 1. The normalized spacial score (nSPS) is 12.2. The maximum Gasteiger partial charge on any atom is 0.165 e. The first-order valence-corrected chi connectivity index (χ1v) is 7.42. The van der Waals surface area contributed by atoms with Crippen LogP contribution in [0.3, 0.4) is 0 Å². The van der Waals surface area contributed by atoms with E-state index in [0.29, 0.717) is 6.54 Å². The first kappa shape index (κ1) is 16.8. The molecule has 4 nitrogen and oxygen atoms in total. The fraction of sp³-hybridized carbons (Fsp3) is 0.625. The van der Waals surface area contributed by atoms with Crippen LogP contribution in [-0.4, -0.2) is 27.3 Å². The van der Waals surface area contributed by atoms with Gasteiger partial charge in [0.25, 0.3) is 0 Å². The third-order valence-corrected chi connectivity index (χ3v) is 3.47. The van der Waals surface area contributed by atoms with Gasteiger partial charge in [-0.15, -0.1) is 0 Å². The number of nitrogens with two attached hydrogens (primary N) is 1. The number of benzene rings is 1. The third kappa shape index (κ3) is 4.69. The van der Waals surface area contributed by atoms with Crippen molar-refractivity contribution in [3.8, 4) is 11.5 Å². The molecule has 1 aromatic rings. The molecule has 0 aliphatic rings. The average molecular weight is 280 g/mol. The van der Waals surface area contributed by atoms with Crippen molar-refractivity contribution in [2.75, 3.05) is 27.3 Å². The Labute approximate surface area is 122 Å². The largest absolute Gasteiger partial charge is 0.493 e. The summed E-state index contributed by atoms with van der Waals surface area (Å²) in [6.07, 6.45) is 4.98. The Morgan fingerprint density at radius 1 is 1.15 bits per heavy atom. The van der Waals surface area contributed by atoms with Crippen molar-refractivity contribution < 1.29 is 9.47 Å². The number of hydrogen-bond donors (Lipinski definition) is 2. The van der Waals surface area contributed by atoms with Gasteiger partial charge in [-0.05, 0) is 19.0 Å². The highest BCUT2D eigenvalue weighted by atomic mass is 16.5. The second-order valence-corrected chi connectivity index (χ2v) is 4.89. The standard InChI is InChI=1S/C16H28N2O2/c1-4-5-6-7-11-18-14(12-17)13-9-8-10-15(19-2)16(13)20-3/h8-10,14,18H,4-7,11-12,17H2,1-3H3. The van der Waals surface area contributed by atoms with Crippen molar-refractivity contribution in [2.24, 2.45) is 5.73 Å². The van der Waals surface area contributed by atoms with Crippen molar-refractivity contribution in [1.82, 2.24) is 5.32 Å². The van der Waals surface area contributed by atoms with Crippen LogP contribution in [0, 0.1) is 0 Å². The summed E-state index contributed by atoms with van der Waals surface area (Å²) >= 11 is 0. The van der Waals surface area contributed by atoms with Gasteiger partial charge in [0.05, 0.1) is 14.2 Å². The van der Waals surface area contributed by atoms with Gasteiger partial charge in [-0.25, -0.2) is 0 Å². The molecule has 0 aromatic heterocycles. The van der Waals surface area contributed by atoms with Crippen LogP contribution >= 0.6 is 0 Å². The van der Waals surface area contributed by atoms with Gasteiger partial charge in [0.1, 0.15) is 0 Å². The molecule has 0 radical (unpaired) electrons. The smallest absolute Gasteiger partial charge is 0.165 e. The number of ether oxygens (including phenoxy) is 2. The number of unbranched alkanes of at least 4 members (excludes halogenated alkanes) is 3. The van der Waals surface area contributed by atoms with E-state index in [0.717, 1.165) is 23.6 Å². The highest BCUT2D eigenvalue weighted by Gasteiger charge is 2.17. The van der Waals surface area contributed by atoms with E-state index in [1.54, 1.807) is 14.2 Å². The zero-order valence-electron chi connectivity index (χ0n) is 12.9. The molecule has 114 valence electrons. The van der Waals surface area contributed by atoms with Crippen LogP contribution in [-0.2, 0) is 0 Å². The predicted octanol–water partition coefficient (Wildman–Crippen LogP) is 2.87. The molecular weight excluding hydrogens is 252 g/mol. The van der Waals surface area contributed by atoms with Crippen LogP contribution < -0.4 is 20.5 Å². The molecule has 0 spiro atoms. The van der Waals surface area contributed by atoms with Crippen LogP contribution in [0.15, 0.2) is 18.2 Å². The van der Waals surface area contributed by atoms with E-state index in [2.05, 4.69) is 12.2 Å². The third-order valence-electron chi connectivity index (χ3n) is 3.47. The van der Waals surface area contributed by atoms with Gasteiger partial charge in [0.15, 0.2) is 11.5 Å². The van der Waals surface area contributed by atoms with Crippen LogP contribution in [0.4, 0.5) is 0 Å². The number of rotatable bonds is 10. The molecule has 1 aromatic carbocycles. The lowest BCUT2D eigenvalue weighted by molar-refractivity contribution is 0.346. The summed E-state index contributed by atoms with van der Waals surface area (Å²) in [5.41, 5.74) is 6.96. The lowest BCUT2D eigenvalue weighted by atomic mass is 10.0. The molecule has 0 bridgehead atoms. The summed E-state index contributed by atoms with van der Waals surface area (Å²) < 4.78 is 10.8. The van der Waals surface area contributed by atoms with Crippen molar-refractivity contribution in [3.63, 3.8) is 0 Å². The molecule has 1 atom stereocenters. The van der Waals surface area contributed by atoms with E-state index in [4.69, 9.17) is 15.2 Å². The molecule has 3 N–H and O–H groups in total. The minimum Gasteiger partial charge on any atom is -0.493 e. The van der Waals surface area contributed by atoms with Gasteiger partial charge in [0, 0.05) is 18.2 Å². The van der Waals surface area contributed by atoms with Gasteiger partial charge in [-0.2, -0.15) is 0 Å². The molecule has 0 fully saturated rings. The van der Waals surface area contributed by atoms with Crippen molar-refractivity contribution >= 4 is 0 Å². The van der Waals surface area contributed by atoms with Crippen LogP contribution in [0.5, 0.6) is 11.5 Å². The zero-order chi connectivity index (χ0) is 14.8. The highest BCUT2D eigenvalue weighted by molar-refractivity contribution is 5.48. The average Bonchev–Trinajstić information content (AvgIpc) is 2.50. The Hall–Kier alpha value is -1.26. The molecule has 0 saturated heterocycles. The Morgan fingerprint density at radius 2 is 1.95 bits per heavy atom. The summed E-state index contributed by atoms with van der Waals surface area (Å²) in [5.74, 6) is 1.52. The number of para-hydroxylation sites is 1. The first-order chi connectivity index (χ1) is 9.78. The molecule has 0 aliphatic heterocycles. The van der Waals surface area contributed by atoms with Gasteiger partial charge in [-0.1, -0.05) is 38.3 Å². The Bertz CT molecular complexity index is 383. The van der Waals surface area contributed by atoms with Gasteiger partial charge < -0.3 is 20.5 Å². The summed E-state index contributed by atoms with van der Waals surface area (Å²) in [4.78, 5) is 0. The first-order valence-electron chi connectivity index (χ1n) is 7.42. The minimum absolute atomic E-state index is 0.0988. The number of hydrogen-bond acceptors (Lipinski definition) is 4. The second-order valence-electron chi connectivity index (χ2n) is 4.89. The van der Waals surface area contributed by atoms with Crippen LogP contribution in [0.25, 0.3) is 0 Å². The molecule has 20 heavy (non-hydrogen) atoms. The lowest BCUT2D eigenvalue weighted by Gasteiger charge is -2.21. The summed E-state index contributed by atoms with van der Waals surface area (Å²) in [6.45, 7) is 3.73. The quantitative estimate of drug-likeness (QED) is 0.647. The number of methoxy groups -OCH3 is 2. The van der Waals surface area contributed by atoms with Crippen molar-refractivity contribution in [3.05, 3.63) is 23.8 Å². The van der Waals surface area contributed by atoms with Gasteiger partial charge in [0.2, 0.25) is 0 Å². The summed E-state index contributed by atoms with van der Waals surface area (Å²) in [7, 11) is 3.31. The molecule has 0 amide bonds. The molecule has 0 aliphatic carbocycles. The Kier molecular flexibility index (Phi) is 8.07. The molecule has 0 heterocycles. The monoisotopic (exact) mass is 280 g/mol. The molecular formula is C16H28N2O2. The van der Waals surface area contributed by atoms with Crippen molar-refractivity contribution in [2.45, 2.75) is 38.6 Å². The van der Waals surface area contributed by atoms with E-state index in [-0.39, 0.29) is 6.04 Å². The maximum atomic E-state index is 5.90. The highest BCUT2D eigenvalue weighted by Crippen LogP contribution is 2.34. The maximum absolute atomic E-state index is 5.90. The topological polar surface area (TPSA) is 56.5 Å². The van der Waals surface area contributed by atoms with Gasteiger partial charge >= 0.3 is 0 Å². The van der Waals surface area contributed by atoms with E-state index in [1.165, 1.54) is 25.7 Å². The van der Waals surface area contributed by atoms with E-state index < -0.39 is 0 Å². The van der Waals surface area contributed by atoms with E-state index in [9.17, 15) is 0 Å². The fourth-order valence-corrected chi connectivity index (χ4v) is 2.33. The second kappa shape index (κ2) is 9.61. The van der Waals surface area contributed by atoms with Crippen LogP contribution in [0.2, 0.25) is 0 Å². The predicted molar refractivity (Wildman–Crippen MR) is 83.5 cm³/mol. The van der Waals surface area contributed by atoms with Crippen molar-refractivity contribution in [1.29, 1.82) is 0 Å². The SMILES string of the molecule is CCCCCCNC(CN)c1cccc(OC)c1OC. The fourth-order valence-electron chi connectivity index (χ4n) is 2.33. The summed E-state index contributed by atoms with van der Waals surface area (Å²) in [5, 5.41) is 3.51. The van der Waals surface area contributed by atoms with E-state index >= 15 is 0 Å². The molecule has 1 unspecified atom stereocenters. The zero-order valence-corrected chi connectivity index (χ0v) is 12.9. The van der Waals surface area contributed by atoms with E-state index in [1.807, 2.05) is 18.2 Å².